The molecule has 3 N–H and O–H groups in total. The Morgan fingerprint density at radius 1 is 0.252 bits per heavy atom. The van der Waals surface area contributed by atoms with Gasteiger partial charge in [0.25, 0.3) is 0 Å². The van der Waals surface area contributed by atoms with Crippen molar-refractivity contribution in [1.82, 2.24) is 0 Å². The predicted octanol–water partition coefficient (Wildman–Crippen LogP) is 26.9. The van der Waals surface area contributed by atoms with E-state index < -0.39 is 97.5 Å². The normalized spacial score (nSPS) is 13.8. The zero-order chi connectivity index (χ0) is 78.6. The lowest BCUT2D eigenvalue weighted by atomic mass is 10.0. The maximum atomic E-state index is 13.2. The average Bonchev–Trinajstić information content (AvgIpc) is 0.903. The van der Waals surface area contributed by atoms with Crippen molar-refractivity contribution >= 4 is 39.5 Å². The van der Waals surface area contributed by atoms with Crippen LogP contribution in [0, 0.1) is 17.8 Å². The first kappa shape index (κ1) is 105. The molecule has 0 spiro atoms. The van der Waals surface area contributed by atoms with E-state index in [0.717, 1.165) is 108 Å². The number of ether oxygens (including phenoxy) is 4. The van der Waals surface area contributed by atoms with Crippen LogP contribution >= 0.6 is 15.6 Å². The van der Waals surface area contributed by atoms with Crippen LogP contribution in [0.1, 0.15) is 466 Å². The van der Waals surface area contributed by atoms with Gasteiger partial charge in [-0.3, -0.25) is 37.3 Å². The number of carbonyl (C=O) groups is 4. The van der Waals surface area contributed by atoms with Gasteiger partial charge in [-0.2, -0.15) is 0 Å². The van der Waals surface area contributed by atoms with Gasteiger partial charge in [0.05, 0.1) is 26.4 Å². The largest absolute Gasteiger partial charge is 0.472 e. The van der Waals surface area contributed by atoms with Crippen LogP contribution in [0.15, 0.2) is 0 Å². The molecular formula is C88H172O17P2. The summed E-state index contributed by atoms with van der Waals surface area (Å²) in [5.41, 5.74) is 0. The van der Waals surface area contributed by atoms with Crippen molar-refractivity contribution in [2.45, 2.75) is 484 Å². The van der Waals surface area contributed by atoms with Crippen LogP contribution in [0.4, 0.5) is 0 Å². The number of unbranched alkanes of at least 4 members (excludes halogenated alkanes) is 54. The molecule has 0 fully saturated rings. The summed E-state index contributed by atoms with van der Waals surface area (Å²) < 4.78 is 69.0. The third-order valence-electron chi connectivity index (χ3n) is 20.6. The SMILES string of the molecule is CCCCCCCCCCCCCCCCCCC(=O)O[C@H](COC(=O)CCCCCCCCCCC(C)C)COP(=O)(O)OC[C@H](O)COP(=O)(O)OC[C@@H](COC(=O)CCCCCCCCCCCCCCCCCCC(C)C)OC(=O)CCCCCCCCCCCCCCCCCCCCC(C)C. The van der Waals surface area contributed by atoms with E-state index in [4.69, 9.17) is 37.0 Å². The first-order chi connectivity index (χ1) is 51.7. The summed E-state index contributed by atoms with van der Waals surface area (Å²) >= 11 is 0. The number of phosphoric ester groups is 2. The zero-order valence-corrected chi connectivity index (χ0v) is 72.4. The minimum atomic E-state index is -4.97. The quantitative estimate of drug-likeness (QED) is 0.0222. The van der Waals surface area contributed by atoms with Gasteiger partial charge in [0.15, 0.2) is 12.2 Å². The van der Waals surface area contributed by atoms with E-state index in [1.54, 1.807) is 0 Å². The van der Waals surface area contributed by atoms with Gasteiger partial charge in [-0.25, -0.2) is 9.13 Å². The van der Waals surface area contributed by atoms with Crippen LogP contribution in [0.25, 0.3) is 0 Å². The smallest absolute Gasteiger partial charge is 0.462 e. The molecule has 0 saturated heterocycles. The van der Waals surface area contributed by atoms with E-state index in [9.17, 15) is 43.2 Å². The fourth-order valence-corrected chi connectivity index (χ4v) is 15.3. The van der Waals surface area contributed by atoms with Crippen LogP contribution in [0.2, 0.25) is 0 Å². The van der Waals surface area contributed by atoms with E-state index in [0.29, 0.717) is 25.7 Å². The van der Waals surface area contributed by atoms with Gasteiger partial charge < -0.3 is 33.8 Å². The van der Waals surface area contributed by atoms with Gasteiger partial charge in [-0.05, 0) is 43.4 Å². The molecule has 636 valence electrons. The second kappa shape index (κ2) is 78.0. The summed E-state index contributed by atoms with van der Waals surface area (Å²) in [6.07, 6.45) is 69.5. The number of hydrogen-bond acceptors (Lipinski definition) is 15. The molecule has 0 aromatic rings. The van der Waals surface area contributed by atoms with Crippen molar-refractivity contribution < 1.29 is 80.2 Å². The highest BCUT2D eigenvalue weighted by molar-refractivity contribution is 7.47. The summed E-state index contributed by atoms with van der Waals surface area (Å²) in [5.74, 6) is 0.258. The lowest BCUT2D eigenvalue weighted by molar-refractivity contribution is -0.161. The molecule has 19 heteroatoms. The van der Waals surface area contributed by atoms with Crippen LogP contribution in [0.5, 0.6) is 0 Å². The second-order valence-electron chi connectivity index (χ2n) is 33.1. The molecule has 0 aliphatic carbocycles. The van der Waals surface area contributed by atoms with Crippen molar-refractivity contribution in [3.8, 4) is 0 Å². The Morgan fingerprint density at radius 2 is 0.430 bits per heavy atom. The zero-order valence-electron chi connectivity index (χ0n) is 70.6. The summed E-state index contributed by atoms with van der Waals surface area (Å²) in [7, 11) is -9.93. The summed E-state index contributed by atoms with van der Waals surface area (Å²) in [5, 5.41) is 10.7. The third kappa shape index (κ3) is 81.9. The molecule has 0 amide bonds. The molecular weight excluding hydrogens is 1390 g/mol. The number of hydrogen-bond donors (Lipinski definition) is 3. The lowest BCUT2D eigenvalue weighted by Gasteiger charge is -2.21. The van der Waals surface area contributed by atoms with Gasteiger partial charge in [0.2, 0.25) is 0 Å². The number of phosphoric acid groups is 2. The lowest BCUT2D eigenvalue weighted by Crippen LogP contribution is -2.30. The molecule has 107 heavy (non-hydrogen) atoms. The van der Waals surface area contributed by atoms with E-state index in [1.807, 2.05) is 0 Å². The fourth-order valence-electron chi connectivity index (χ4n) is 13.7. The molecule has 0 aromatic heterocycles. The third-order valence-corrected chi connectivity index (χ3v) is 22.5. The van der Waals surface area contributed by atoms with Crippen molar-refractivity contribution in [3.05, 3.63) is 0 Å². The minimum Gasteiger partial charge on any atom is -0.462 e. The second-order valence-corrected chi connectivity index (χ2v) is 36.0. The number of aliphatic hydroxyl groups is 1. The van der Waals surface area contributed by atoms with Crippen molar-refractivity contribution in [2.75, 3.05) is 39.6 Å². The maximum Gasteiger partial charge on any atom is 0.472 e. The van der Waals surface area contributed by atoms with Crippen LogP contribution in [-0.4, -0.2) is 96.7 Å². The van der Waals surface area contributed by atoms with Crippen LogP contribution in [0.3, 0.4) is 0 Å². The van der Waals surface area contributed by atoms with Crippen molar-refractivity contribution in [2.24, 2.45) is 17.8 Å². The Morgan fingerprint density at radius 3 is 0.636 bits per heavy atom. The fraction of sp³-hybridized carbons (Fsp3) is 0.955. The average molecular weight is 1560 g/mol. The molecule has 0 bridgehead atoms. The standard InChI is InChI=1S/C88H172O17P2/c1-8-9-10-11-12-13-14-15-16-25-31-36-41-50-57-64-71-88(93)105-84(76-99-86(91)70-63-56-49-44-43-47-54-61-68-81(6)7)78-103-107(96,97)101-74-82(89)73-100-106(94,95)102-77-83(75-98-85(90)69-62-55-48-40-35-30-26-22-21-24-29-34-39-46-53-60-67-80(4)5)104-87(92)72-65-58-51-42-37-32-27-20-18-17-19-23-28-33-38-45-52-59-66-79(2)3/h79-84,89H,8-78H2,1-7H3,(H,94,95)(H,96,97)/t82-,83-,84-/m1/s1. The Balaban J connectivity index is 5.24. The summed E-state index contributed by atoms with van der Waals surface area (Å²) in [4.78, 5) is 73.3. The molecule has 0 aliphatic heterocycles. The molecule has 0 aliphatic rings. The highest BCUT2D eigenvalue weighted by Crippen LogP contribution is 2.45. The molecule has 0 aromatic carbocycles. The molecule has 5 atom stereocenters. The van der Waals surface area contributed by atoms with Gasteiger partial charge in [0, 0.05) is 25.7 Å². The summed E-state index contributed by atoms with van der Waals surface area (Å²) in [6, 6.07) is 0. The molecule has 0 heterocycles. The van der Waals surface area contributed by atoms with E-state index >= 15 is 0 Å². The van der Waals surface area contributed by atoms with E-state index in [2.05, 4.69) is 48.5 Å². The Kier molecular flexibility index (Phi) is 76.6. The van der Waals surface area contributed by atoms with Crippen molar-refractivity contribution in [1.29, 1.82) is 0 Å². The Hall–Kier alpha value is -1.94. The predicted molar refractivity (Wildman–Crippen MR) is 441 cm³/mol. The highest BCUT2D eigenvalue weighted by Gasteiger charge is 2.31. The Labute approximate surface area is 658 Å². The van der Waals surface area contributed by atoms with Crippen LogP contribution < -0.4 is 0 Å². The van der Waals surface area contributed by atoms with E-state index in [1.165, 1.54) is 276 Å². The summed E-state index contributed by atoms with van der Waals surface area (Å²) in [6.45, 7) is 12.0. The molecule has 0 radical (unpaired) electrons. The van der Waals surface area contributed by atoms with Crippen molar-refractivity contribution in [3.63, 3.8) is 0 Å². The maximum absolute atomic E-state index is 13.2. The number of carbonyl (C=O) groups excluding carboxylic acids is 4. The Bertz CT molecular complexity index is 2060. The topological polar surface area (TPSA) is 237 Å². The van der Waals surface area contributed by atoms with Crippen LogP contribution in [-0.2, 0) is 65.4 Å². The first-order valence-corrected chi connectivity index (χ1v) is 48.3. The van der Waals surface area contributed by atoms with E-state index in [-0.39, 0.29) is 25.7 Å². The molecule has 2 unspecified atom stereocenters. The number of esters is 4. The number of rotatable bonds is 86. The monoisotopic (exact) mass is 1560 g/mol. The first-order valence-electron chi connectivity index (χ1n) is 45.3. The van der Waals surface area contributed by atoms with Gasteiger partial charge in [-0.15, -0.1) is 0 Å². The van der Waals surface area contributed by atoms with Gasteiger partial charge in [0.1, 0.15) is 19.3 Å². The minimum absolute atomic E-state index is 0.108. The van der Waals surface area contributed by atoms with Gasteiger partial charge in [-0.1, -0.05) is 414 Å². The van der Waals surface area contributed by atoms with Gasteiger partial charge >= 0.3 is 39.5 Å². The molecule has 0 saturated carbocycles. The number of aliphatic hydroxyl groups excluding tert-OH is 1. The molecule has 0 rings (SSSR count). The molecule has 17 nitrogen and oxygen atoms in total. The highest BCUT2D eigenvalue weighted by atomic mass is 31.2.